The van der Waals surface area contributed by atoms with E-state index >= 15 is 0 Å². The van der Waals surface area contributed by atoms with E-state index in [1.807, 2.05) is 0 Å². The lowest BCUT2D eigenvalue weighted by Crippen LogP contribution is -2.25. The van der Waals surface area contributed by atoms with Crippen molar-refractivity contribution in [3.05, 3.63) is 102 Å². The van der Waals surface area contributed by atoms with Crippen molar-refractivity contribution in [2.75, 3.05) is 11.5 Å². The van der Waals surface area contributed by atoms with Crippen molar-refractivity contribution in [1.29, 1.82) is 0 Å². The van der Waals surface area contributed by atoms with Gasteiger partial charge >= 0.3 is 12.1 Å². The SMILES string of the molecule is CCCCC(CC)COC(=O)c1ccc(N(/C=C(\C(=O)C(F)(F)F)c2ccccc2)c2ccccc2)cc1. The van der Waals surface area contributed by atoms with E-state index in [9.17, 15) is 22.8 Å². The van der Waals surface area contributed by atoms with Gasteiger partial charge in [0.05, 0.1) is 17.7 Å². The molecule has 3 aromatic rings. The molecule has 1 unspecified atom stereocenters. The van der Waals surface area contributed by atoms with E-state index in [1.54, 1.807) is 72.8 Å². The number of alkyl halides is 3. The van der Waals surface area contributed by atoms with Gasteiger partial charge in [0.2, 0.25) is 0 Å². The second kappa shape index (κ2) is 13.6. The maximum atomic E-state index is 13.5. The minimum Gasteiger partial charge on any atom is -0.462 e. The number of esters is 1. The number of para-hydroxylation sites is 1. The molecule has 0 fully saturated rings. The number of halogens is 3. The van der Waals surface area contributed by atoms with Crippen LogP contribution in [-0.4, -0.2) is 24.5 Å². The van der Waals surface area contributed by atoms with E-state index in [2.05, 4.69) is 13.8 Å². The van der Waals surface area contributed by atoms with Gasteiger partial charge in [0.15, 0.2) is 0 Å². The Morgan fingerprint density at radius 2 is 1.42 bits per heavy atom. The fraction of sp³-hybridized carbons (Fsp3) is 0.290. The average Bonchev–Trinajstić information content (AvgIpc) is 2.94. The second-order valence-corrected chi connectivity index (χ2v) is 9.00. The van der Waals surface area contributed by atoms with Gasteiger partial charge in [-0.25, -0.2) is 4.79 Å². The number of hydrogen-bond acceptors (Lipinski definition) is 4. The van der Waals surface area contributed by atoms with E-state index < -0.39 is 23.5 Å². The first kappa shape index (κ1) is 28.7. The molecule has 0 spiro atoms. The number of rotatable bonds is 12. The molecule has 0 aliphatic heterocycles. The molecule has 0 saturated carbocycles. The molecular weight excluding hydrogens is 491 g/mol. The summed E-state index contributed by atoms with van der Waals surface area (Å²) < 4.78 is 46.2. The highest BCUT2D eigenvalue weighted by atomic mass is 19.4. The van der Waals surface area contributed by atoms with Crippen LogP contribution in [0.1, 0.15) is 55.5 Å². The highest BCUT2D eigenvalue weighted by Gasteiger charge is 2.41. The average molecular weight is 524 g/mol. The highest BCUT2D eigenvalue weighted by molar-refractivity contribution is 6.23. The number of ether oxygens (including phenoxy) is 1. The molecule has 0 aliphatic rings. The number of carbonyl (C=O) groups excluding carboxylic acids is 2. The summed E-state index contributed by atoms with van der Waals surface area (Å²) in [6.07, 6.45) is 0.218. The van der Waals surface area contributed by atoms with Gasteiger partial charge < -0.3 is 9.64 Å². The third kappa shape index (κ3) is 7.81. The number of unbranched alkanes of at least 4 members (excludes halogenated alkanes) is 1. The Bertz CT molecular complexity index is 1210. The fourth-order valence-electron chi connectivity index (χ4n) is 3.98. The topological polar surface area (TPSA) is 46.6 Å². The molecule has 0 heterocycles. The van der Waals surface area contributed by atoms with Crippen molar-refractivity contribution >= 4 is 28.7 Å². The third-order valence-electron chi connectivity index (χ3n) is 6.25. The Morgan fingerprint density at radius 1 is 0.842 bits per heavy atom. The van der Waals surface area contributed by atoms with Gasteiger partial charge in [0.25, 0.3) is 5.78 Å². The number of Topliss-reactive ketones (excluding diaryl/α,β-unsaturated/α-hetero) is 1. The van der Waals surface area contributed by atoms with Crippen molar-refractivity contribution in [3.8, 4) is 0 Å². The van der Waals surface area contributed by atoms with Crippen LogP contribution in [0.2, 0.25) is 0 Å². The number of benzene rings is 3. The molecule has 3 aromatic carbocycles. The number of carbonyl (C=O) groups is 2. The summed E-state index contributed by atoms with van der Waals surface area (Å²) in [5.74, 6) is -2.09. The van der Waals surface area contributed by atoms with E-state index in [1.165, 1.54) is 23.2 Å². The zero-order valence-electron chi connectivity index (χ0n) is 21.6. The van der Waals surface area contributed by atoms with Crippen LogP contribution >= 0.6 is 0 Å². The van der Waals surface area contributed by atoms with Gasteiger partial charge in [-0.2, -0.15) is 13.2 Å². The van der Waals surface area contributed by atoms with Crippen LogP contribution < -0.4 is 4.90 Å². The molecule has 0 amide bonds. The normalized spacial score (nSPS) is 12.6. The van der Waals surface area contributed by atoms with Gasteiger partial charge in [-0.3, -0.25) is 4.79 Å². The summed E-state index contributed by atoms with van der Waals surface area (Å²) in [4.78, 5) is 26.6. The molecule has 0 aromatic heterocycles. The van der Waals surface area contributed by atoms with Crippen LogP contribution in [0, 0.1) is 5.92 Å². The molecule has 0 aliphatic carbocycles. The maximum absolute atomic E-state index is 13.5. The first-order valence-electron chi connectivity index (χ1n) is 12.7. The molecule has 0 N–H and O–H groups in total. The lowest BCUT2D eigenvalue weighted by molar-refractivity contribution is -0.164. The lowest BCUT2D eigenvalue weighted by Gasteiger charge is -2.23. The van der Waals surface area contributed by atoms with Gasteiger partial charge in [-0.15, -0.1) is 0 Å². The zero-order chi connectivity index (χ0) is 27.5. The van der Waals surface area contributed by atoms with Crippen molar-refractivity contribution in [2.45, 2.75) is 45.7 Å². The standard InChI is InChI=1S/C31H32F3NO3/c1-3-5-12-23(4-2)22-38-30(37)25-17-19-27(20-18-25)35(26-15-10-7-11-16-26)21-28(29(36)31(32,33)34)24-13-8-6-9-14-24/h6-11,13-21,23H,3-5,12,22H2,1-2H3/b28-21-. The molecule has 0 saturated heterocycles. The number of allylic oxidation sites excluding steroid dienone is 1. The van der Waals surface area contributed by atoms with Gasteiger partial charge in [0.1, 0.15) is 0 Å². The summed E-state index contributed by atoms with van der Waals surface area (Å²) >= 11 is 0. The Kier molecular flexibility index (Phi) is 10.3. The quantitative estimate of drug-likeness (QED) is 0.177. The van der Waals surface area contributed by atoms with E-state index in [0.29, 0.717) is 29.5 Å². The summed E-state index contributed by atoms with van der Waals surface area (Å²) in [7, 11) is 0. The number of hydrogen-bond donors (Lipinski definition) is 0. The minimum absolute atomic E-state index is 0.143. The molecular formula is C31H32F3NO3. The molecule has 0 radical (unpaired) electrons. The van der Waals surface area contributed by atoms with Gasteiger partial charge in [-0.05, 0) is 54.3 Å². The van der Waals surface area contributed by atoms with Crippen molar-refractivity contribution in [2.24, 2.45) is 5.92 Å². The highest BCUT2D eigenvalue weighted by Crippen LogP contribution is 2.32. The minimum atomic E-state index is -5.05. The molecule has 3 rings (SSSR count). The Morgan fingerprint density at radius 3 is 1.97 bits per heavy atom. The molecule has 7 heteroatoms. The smallest absolute Gasteiger partial charge is 0.454 e. The molecule has 200 valence electrons. The lowest BCUT2D eigenvalue weighted by atomic mass is 10.0. The first-order chi connectivity index (χ1) is 18.2. The molecule has 0 bridgehead atoms. The van der Waals surface area contributed by atoms with Crippen LogP contribution in [-0.2, 0) is 9.53 Å². The second-order valence-electron chi connectivity index (χ2n) is 9.00. The van der Waals surface area contributed by atoms with Crippen LogP contribution in [0.25, 0.3) is 5.57 Å². The predicted octanol–water partition coefficient (Wildman–Crippen LogP) is 8.37. The Labute approximate surface area is 221 Å². The summed E-state index contributed by atoms with van der Waals surface area (Å²) in [5.41, 5.74) is 1.01. The largest absolute Gasteiger partial charge is 0.462 e. The van der Waals surface area contributed by atoms with E-state index in [0.717, 1.165) is 25.7 Å². The number of ketones is 1. The van der Waals surface area contributed by atoms with Crippen molar-refractivity contribution < 1.29 is 27.5 Å². The monoisotopic (exact) mass is 523 g/mol. The van der Waals surface area contributed by atoms with Gasteiger partial charge in [0, 0.05) is 17.6 Å². The number of nitrogens with zero attached hydrogens (tertiary/aromatic N) is 1. The van der Waals surface area contributed by atoms with Gasteiger partial charge in [-0.1, -0.05) is 81.6 Å². The summed E-state index contributed by atoms with van der Waals surface area (Å²) in [6.45, 7) is 4.54. The Balaban J connectivity index is 1.94. The predicted molar refractivity (Wildman–Crippen MR) is 144 cm³/mol. The Hall–Kier alpha value is -3.87. The van der Waals surface area contributed by atoms with E-state index in [-0.39, 0.29) is 5.56 Å². The molecule has 4 nitrogen and oxygen atoms in total. The van der Waals surface area contributed by atoms with E-state index in [4.69, 9.17) is 4.74 Å². The zero-order valence-corrected chi connectivity index (χ0v) is 21.6. The van der Waals surface area contributed by atoms with Crippen LogP contribution in [0.15, 0.2) is 91.1 Å². The molecule has 1 atom stereocenters. The maximum Gasteiger partial charge on any atom is 0.454 e. The third-order valence-corrected chi connectivity index (χ3v) is 6.25. The number of anilines is 2. The van der Waals surface area contributed by atoms with Crippen molar-refractivity contribution in [1.82, 2.24) is 0 Å². The van der Waals surface area contributed by atoms with Crippen LogP contribution in [0.5, 0.6) is 0 Å². The van der Waals surface area contributed by atoms with Crippen LogP contribution in [0.4, 0.5) is 24.5 Å². The summed E-state index contributed by atoms with van der Waals surface area (Å²) in [5, 5.41) is 0. The van der Waals surface area contributed by atoms with Crippen molar-refractivity contribution in [3.63, 3.8) is 0 Å². The fourth-order valence-corrected chi connectivity index (χ4v) is 3.98. The first-order valence-corrected chi connectivity index (χ1v) is 12.7. The molecule has 38 heavy (non-hydrogen) atoms. The summed E-state index contributed by atoms with van der Waals surface area (Å²) in [6, 6.07) is 22.8. The van der Waals surface area contributed by atoms with Crippen LogP contribution in [0.3, 0.4) is 0 Å².